The van der Waals surface area contributed by atoms with Gasteiger partial charge in [0.2, 0.25) is 5.88 Å². The van der Waals surface area contributed by atoms with Gasteiger partial charge in [-0.25, -0.2) is 9.97 Å². The topological polar surface area (TPSA) is 112 Å². The molecule has 8 heteroatoms. The summed E-state index contributed by atoms with van der Waals surface area (Å²) in [5.41, 5.74) is 8.17. The van der Waals surface area contributed by atoms with Gasteiger partial charge >= 0.3 is 0 Å². The number of piperazine rings is 1. The SMILES string of the molecule is CC(C)Oc1cc(C(=N)c2ccnc(N3CCN(CCO)CC3)c2)c(N)cn1. The van der Waals surface area contributed by atoms with Crippen molar-refractivity contribution in [2.75, 3.05) is 50.0 Å². The first kappa shape index (κ1) is 20.0. The molecule has 0 amide bonds. The molecular weight excluding hydrogens is 356 g/mol. The summed E-state index contributed by atoms with van der Waals surface area (Å²) in [5, 5.41) is 17.7. The van der Waals surface area contributed by atoms with Crippen molar-refractivity contribution in [3.63, 3.8) is 0 Å². The molecule has 0 atom stereocenters. The van der Waals surface area contributed by atoms with E-state index in [1.807, 2.05) is 26.0 Å². The summed E-state index contributed by atoms with van der Waals surface area (Å²) < 4.78 is 5.64. The average Bonchev–Trinajstić information content (AvgIpc) is 2.69. The molecule has 1 aliphatic rings. The molecule has 4 N–H and O–H groups in total. The zero-order valence-corrected chi connectivity index (χ0v) is 16.4. The van der Waals surface area contributed by atoms with Crippen molar-refractivity contribution in [2.24, 2.45) is 0 Å². The lowest BCUT2D eigenvalue weighted by atomic mass is 10.0. The van der Waals surface area contributed by atoms with E-state index in [1.165, 1.54) is 6.20 Å². The number of hydrogen-bond acceptors (Lipinski definition) is 8. The third-order valence-electron chi connectivity index (χ3n) is 4.68. The van der Waals surface area contributed by atoms with Gasteiger partial charge in [0, 0.05) is 56.1 Å². The quantitative estimate of drug-likeness (QED) is 0.618. The third kappa shape index (κ3) is 4.76. The van der Waals surface area contributed by atoms with Crippen LogP contribution in [0, 0.1) is 5.41 Å². The molecule has 28 heavy (non-hydrogen) atoms. The summed E-state index contributed by atoms with van der Waals surface area (Å²) in [6, 6.07) is 5.45. The number of rotatable bonds is 7. The van der Waals surface area contributed by atoms with Gasteiger partial charge in [-0.3, -0.25) is 10.3 Å². The van der Waals surface area contributed by atoms with Crippen molar-refractivity contribution in [3.05, 3.63) is 41.7 Å². The highest BCUT2D eigenvalue weighted by atomic mass is 16.5. The van der Waals surface area contributed by atoms with E-state index >= 15 is 0 Å². The first-order valence-corrected chi connectivity index (χ1v) is 9.53. The van der Waals surface area contributed by atoms with Gasteiger partial charge in [0.15, 0.2) is 0 Å². The Hall–Kier alpha value is -2.71. The largest absolute Gasteiger partial charge is 0.475 e. The van der Waals surface area contributed by atoms with Gasteiger partial charge in [0.25, 0.3) is 0 Å². The van der Waals surface area contributed by atoms with Gasteiger partial charge in [-0.2, -0.15) is 0 Å². The number of nitrogens with two attached hydrogens (primary N) is 1. The molecule has 0 radical (unpaired) electrons. The second kappa shape index (κ2) is 8.99. The van der Waals surface area contributed by atoms with Crippen LogP contribution < -0.4 is 15.4 Å². The molecule has 0 spiro atoms. The van der Waals surface area contributed by atoms with E-state index in [0.717, 1.165) is 37.6 Å². The number of anilines is 2. The monoisotopic (exact) mass is 384 g/mol. The zero-order chi connectivity index (χ0) is 20.1. The molecule has 0 aromatic carbocycles. The fraction of sp³-hybridized carbons (Fsp3) is 0.450. The molecule has 0 saturated carbocycles. The molecule has 150 valence electrons. The first-order valence-electron chi connectivity index (χ1n) is 9.53. The second-order valence-corrected chi connectivity index (χ2v) is 7.11. The van der Waals surface area contributed by atoms with Gasteiger partial charge in [0.05, 0.1) is 30.3 Å². The Morgan fingerprint density at radius 1 is 1.25 bits per heavy atom. The van der Waals surface area contributed by atoms with Gasteiger partial charge < -0.3 is 20.5 Å². The number of aliphatic hydroxyl groups excluding tert-OH is 1. The molecular formula is C20H28N6O2. The highest BCUT2D eigenvalue weighted by Crippen LogP contribution is 2.23. The minimum Gasteiger partial charge on any atom is -0.475 e. The maximum Gasteiger partial charge on any atom is 0.214 e. The highest BCUT2D eigenvalue weighted by molar-refractivity contribution is 6.14. The predicted molar refractivity (Wildman–Crippen MR) is 110 cm³/mol. The van der Waals surface area contributed by atoms with Crippen molar-refractivity contribution in [1.82, 2.24) is 14.9 Å². The van der Waals surface area contributed by atoms with E-state index in [0.29, 0.717) is 29.4 Å². The fourth-order valence-corrected chi connectivity index (χ4v) is 3.21. The summed E-state index contributed by atoms with van der Waals surface area (Å²) in [5.74, 6) is 1.30. The molecule has 2 aromatic heterocycles. The Bertz CT molecular complexity index is 818. The minimum atomic E-state index is -0.00446. The summed E-state index contributed by atoms with van der Waals surface area (Å²) in [6.45, 7) is 8.20. The minimum absolute atomic E-state index is 0.00446. The maximum atomic E-state index is 9.08. The van der Waals surface area contributed by atoms with Crippen molar-refractivity contribution < 1.29 is 9.84 Å². The van der Waals surface area contributed by atoms with Crippen LogP contribution in [0.15, 0.2) is 30.6 Å². The van der Waals surface area contributed by atoms with Crippen LogP contribution in [0.2, 0.25) is 0 Å². The third-order valence-corrected chi connectivity index (χ3v) is 4.68. The van der Waals surface area contributed by atoms with Crippen molar-refractivity contribution >= 4 is 17.2 Å². The number of aliphatic hydroxyl groups is 1. The van der Waals surface area contributed by atoms with Crippen LogP contribution in [0.5, 0.6) is 5.88 Å². The number of nitrogen functional groups attached to an aromatic ring is 1. The molecule has 1 aliphatic heterocycles. The first-order chi connectivity index (χ1) is 13.5. The maximum absolute atomic E-state index is 9.08. The van der Waals surface area contributed by atoms with E-state index in [1.54, 1.807) is 12.3 Å². The van der Waals surface area contributed by atoms with E-state index < -0.39 is 0 Å². The van der Waals surface area contributed by atoms with E-state index in [-0.39, 0.29) is 12.7 Å². The number of β-amino-alcohol motifs (C(OH)–C–C–N with tert-alkyl or cyclic N) is 1. The molecule has 3 heterocycles. The second-order valence-electron chi connectivity index (χ2n) is 7.11. The fourth-order valence-electron chi connectivity index (χ4n) is 3.21. The summed E-state index contributed by atoms with van der Waals surface area (Å²) in [6.07, 6.45) is 3.25. The summed E-state index contributed by atoms with van der Waals surface area (Å²) >= 11 is 0. The van der Waals surface area contributed by atoms with Crippen LogP contribution in [0.25, 0.3) is 0 Å². The Balaban J connectivity index is 1.78. The zero-order valence-electron chi connectivity index (χ0n) is 16.4. The van der Waals surface area contributed by atoms with E-state index in [4.69, 9.17) is 21.0 Å². The van der Waals surface area contributed by atoms with Gasteiger partial charge in [-0.05, 0) is 26.0 Å². The van der Waals surface area contributed by atoms with E-state index in [2.05, 4.69) is 19.8 Å². The molecule has 2 aromatic rings. The standard InChI is InChI=1S/C20H28N6O2/c1-14(2)28-19-12-16(17(21)13-24-19)20(22)15-3-4-23-18(11-15)26-7-5-25(6-8-26)9-10-27/h3-4,11-14,22,27H,5-10,21H2,1-2H3. The van der Waals surface area contributed by atoms with E-state index in [9.17, 15) is 0 Å². The average molecular weight is 384 g/mol. The van der Waals surface area contributed by atoms with Gasteiger partial charge in [0.1, 0.15) is 5.82 Å². The van der Waals surface area contributed by atoms with Crippen LogP contribution in [-0.4, -0.2) is 71.1 Å². The molecule has 0 bridgehead atoms. The molecule has 1 fully saturated rings. The van der Waals surface area contributed by atoms with Crippen LogP contribution in [-0.2, 0) is 0 Å². The molecule has 0 unspecified atom stereocenters. The smallest absolute Gasteiger partial charge is 0.214 e. The van der Waals surface area contributed by atoms with Gasteiger partial charge in [-0.1, -0.05) is 0 Å². The van der Waals surface area contributed by atoms with Gasteiger partial charge in [-0.15, -0.1) is 0 Å². The normalized spacial score (nSPS) is 15.1. The number of ether oxygens (including phenoxy) is 1. The highest BCUT2D eigenvalue weighted by Gasteiger charge is 2.19. The number of aromatic nitrogens is 2. The number of hydrogen-bond donors (Lipinski definition) is 3. The molecule has 8 nitrogen and oxygen atoms in total. The van der Waals surface area contributed by atoms with Crippen molar-refractivity contribution in [2.45, 2.75) is 20.0 Å². The molecule has 3 rings (SSSR count). The van der Waals surface area contributed by atoms with Crippen molar-refractivity contribution in [3.8, 4) is 5.88 Å². The predicted octanol–water partition coefficient (Wildman–Crippen LogP) is 1.38. The lowest BCUT2D eigenvalue weighted by molar-refractivity contribution is 0.188. The Morgan fingerprint density at radius 2 is 2.00 bits per heavy atom. The lowest BCUT2D eigenvalue weighted by Crippen LogP contribution is -2.47. The summed E-state index contributed by atoms with van der Waals surface area (Å²) in [7, 11) is 0. The lowest BCUT2D eigenvalue weighted by Gasteiger charge is -2.35. The number of nitrogens with one attached hydrogen (secondary N) is 1. The molecule has 1 saturated heterocycles. The molecule has 0 aliphatic carbocycles. The Morgan fingerprint density at radius 3 is 2.68 bits per heavy atom. The van der Waals surface area contributed by atoms with Crippen LogP contribution in [0.4, 0.5) is 11.5 Å². The Labute approximate surface area is 165 Å². The summed E-state index contributed by atoms with van der Waals surface area (Å²) in [4.78, 5) is 13.1. The van der Waals surface area contributed by atoms with Crippen LogP contribution in [0.3, 0.4) is 0 Å². The van der Waals surface area contributed by atoms with Crippen molar-refractivity contribution in [1.29, 1.82) is 5.41 Å². The number of nitrogens with zero attached hydrogens (tertiary/aromatic N) is 4. The van der Waals surface area contributed by atoms with Crippen LogP contribution >= 0.6 is 0 Å². The van der Waals surface area contributed by atoms with Crippen LogP contribution in [0.1, 0.15) is 25.0 Å². The Kier molecular flexibility index (Phi) is 6.43. The number of pyridine rings is 2.